The van der Waals surface area contributed by atoms with Crippen LogP contribution in [0.4, 0.5) is 0 Å². The Morgan fingerprint density at radius 2 is 2.06 bits per heavy atom. The summed E-state index contributed by atoms with van der Waals surface area (Å²) in [4.78, 5) is 17.1. The van der Waals surface area contributed by atoms with E-state index in [-0.39, 0.29) is 12.2 Å². The van der Waals surface area contributed by atoms with Crippen LogP contribution in [0, 0.1) is 5.92 Å². The fourth-order valence-electron chi connectivity index (χ4n) is 4.98. The highest BCUT2D eigenvalue weighted by Crippen LogP contribution is 2.38. The van der Waals surface area contributed by atoms with Gasteiger partial charge in [-0.15, -0.1) is 0 Å². The van der Waals surface area contributed by atoms with E-state index in [9.17, 15) is 4.79 Å². The van der Waals surface area contributed by atoms with E-state index in [1.807, 2.05) is 37.0 Å². The molecule has 2 saturated heterocycles. The molecule has 5 rings (SSSR count). The summed E-state index contributed by atoms with van der Waals surface area (Å²) in [7, 11) is 0. The van der Waals surface area contributed by atoms with Gasteiger partial charge in [-0.1, -0.05) is 0 Å². The summed E-state index contributed by atoms with van der Waals surface area (Å²) >= 11 is 0. The molecule has 0 aliphatic carbocycles. The molecule has 9 heteroatoms. The van der Waals surface area contributed by atoms with E-state index < -0.39 is 5.91 Å². The van der Waals surface area contributed by atoms with Gasteiger partial charge in [0.25, 0.3) is 5.91 Å². The van der Waals surface area contributed by atoms with Crippen LogP contribution in [0.25, 0.3) is 21.9 Å². The number of ether oxygens (including phenoxy) is 3. The number of amides is 1. The fourth-order valence-corrected chi connectivity index (χ4v) is 4.98. The number of piperidine rings is 1. The molecule has 36 heavy (non-hydrogen) atoms. The number of nitrogens with two attached hydrogens (primary N) is 1. The van der Waals surface area contributed by atoms with Crippen LogP contribution < -0.4 is 20.5 Å². The molecule has 4 heterocycles. The topological polar surface area (TPSA) is 114 Å². The van der Waals surface area contributed by atoms with Crippen molar-refractivity contribution < 1.29 is 19.0 Å². The lowest BCUT2D eigenvalue weighted by Gasteiger charge is -2.24. The molecular formula is C27H35N5O4. The van der Waals surface area contributed by atoms with E-state index in [0.717, 1.165) is 80.4 Å². The number of benzene rings is 1. The van der Waals surface area contributed by atoms with Gasteiger partial charge in [0.1, 0.15) is 11.9 Å². The van der Waals surface area contributed by atoms with Gasteiger partial charge in [-0.2, -0.15) is 5.10 Å². The minimum atomic E-state index is -0.538. The van der Waals surface area contributed by atoms with Crippen LogP contribution in [0.3, 0.4) is 0 Å². The second-order valence-corrected chi connectivity index (χ2v) is 9.99. The van der Waals surface area contributed by atoms with Crippen molar-refractivity contribution in [1.82, 2.24) is 20.1 Å². The average Bonchev–Trinajstić information content (AvgIpc) is 3.33. The lowest BCUT2D eigenvalue weighted by molar-refractivity contribution is 0.0601. The predicted octanol–water partition coefficient (Wildman–Crippen LogP) is 3.54. The van der Waals surface area contributed by atoms with Crippen molar-refractivity contribution >= 4 is 16.7 Å². The molecule has 3 aromatic rings. The van der Waals surface area contributed by atoms with Crippen LogP contribution in [0.2, 0.25) is 0 Å². The Bertz CT molecular complexity index is 1210. The standard InChI is InChI=1S/C27H35N5O4/c1-17(2)35-25-11-22-21(10-23(25)26(28)33)24(14-30-27(22)36-20-4-3-7-29-13-20)19-12-31-32(16-19)15-18-5-8-34-9-6-18/h10-12,14,16-18,20,29H,3-9,13,15H2,1-2H3,(H2,28,33)/t20-/m1/s1. The molecule has 0 saturated carbocycles. The SMILES string of the molecule is CC(C)Oc1cc2c(O[C@@H]3CCCNC3)ncc(-c3cnn(CC4CCOCC4)c3)c2cc1C(N)=O. The molecule has 1 aromatic carbocycles. The van der Waals surface area contributed by atoms with Crippen molar-refractivity contribution in [3.8, 4) is 22.8 Å². The van der Waals surface area contributed by atoms with Crippen molar-refractivity contribution in [2.45, 2.75) is 58.3 Å². The molecule has 192 valence electrons. The Balaban J connectivity index is 1.56. The summed E-state index contributed by atoms with van der Waals surface area (Å²) < 4.78 is 19.8. The molecule has 2 aliphatic heterocycles. The number of nitrogens with one attached hydrogen (secondary N) is 1. The van der Waals surface area contributed by atoms with E-state index in [2.05, 4.69) is 10.4 Å². The second kappa shape index (κ2) is 10.8. The quantitative estimate of drug-likeness (QED) is 0.493. The number of fused-ring (bicyclic) bond motifs is 1. The molecule has 0 radical (unpaired) electrons. The van der Waals surface area contributed by atoms with Gasteiger partial charge in [-0.05, 0) is 69.5 Å². The van der Waals surface area contributed by atoms with Crippen LogP contribution in [0.1, 0.15) is 49.9 Å². The highest BCUT2D eigenvalue weighted by Gasteiger charge is 2.22. The number of hydrogen-bond donors (Lipinski definition) is 2. The summed E-state index contributed by atoms with van der Waals surface area (Å²) in [5.74, 6) is 0.982. The molecule has 1 atom stereocenters. The Hall–Kier alpha value is -3.17. The van der Waals surface area contributed by atoms with Gasteiger partial charge in [-0.3, -0.25) is 9.48 Å². The zero-order valence-electron chi connectivity index (χ0n) is 21.0. The van der Waals surface area contributed by atoms with Crippen molar-refractivity contribution in [3.63, 3.8) is 0 Å². The summed E-state index contributed by atoms with van der Waals surface area (Å²) in [5, 5.41) is 9.62. The van der Waals surface area contributed by atoms with E-state index in [0.29, 0.717) is 23.1 Å². The number of hydrogen-bond acceptors (Lipinski definition) is 7. The molecule has 0 bridgehead atoms. The number of rotatable bonds is 8. The molecule has 2 aliphatic rings. The van der Waals surface area contributed by atoms with Crippen molar-refractivity contribution in [3.05, 3.63) is 36.3 Å². The molecule has 0 spiro atoms. The summed E-state index contributed by atoms with van der Waals surface area (Å²) in [5.41, 5.74) is 7.90. The average molecular weight is 494 g/mol. The lowest BCUT2D eigenvalue weighted by atomic mass is 9.99. The monoisotopic (exact) mass is 493 g/mol. The maximum atomic E-state index is 12.4. The van der Waals surface area contributed by atoms with Gasteiger partial charge < -0.3 is 25.3 Å². The Labute approximate surface area is 211 Å². The number of primary amides is 1. The normalized spacial score (nSPS) is 19.0. The zero-order valence-corrected chi connectivity index (χ0v) is 21.0. The number of carbonyl (C=O) groups is 1. The molecule has 1 amide bonds. The van der Waals surface area contributed by atoms with Crippen LogP contribution in [-0.4, -0.2) is 59.2 Å². The molecule has 0 unspecified atom stereocenters. The Morgan fingerprint density at radius 3 is 2.78 bits per heavy atom. The maximum Gasteiger partial charge on any atom is 0.252 e. The summed E-state index contributed by atoms with van der Waals surface area (Å²) in [6.07, 6.45) is 9.72. The number of carbonyl (C=O) groups excluding carboxylic acids is 1. The molecule has 2 fully saturated rings. The first-order valence-electron chi connectivity index (χ1n) is 12.9. The number of aromatic nitrogens is 3. The third-order valence-corrected chi connectivity index (χ3v) is 6.84. The Kier molecular flexibility index (Phi) is 7.38. The molecule has 3 N–H and O–H groups in total. The van der Waals surface area contributed by atoms with Gasteiger partial charge in [0.2, 0.25) is 5.88 Å². The van der Waals surface area contributed by atoms with E-state index in [1.54, 1.807) is 12.3 Å². The third kappa shape index (κ3) is 5.47. The lowest BCUT2D eigenvalue weighted by Crippen LogP contribution is -2.37. The van der Waals surface area contributed by atoms with Gasteiger partial charge in [0.05, 0.1) is 17.9 Å². The second-order valence-electron chi connectivity index (χ2n) is 9.99. The van der Waals surface area contributed by atoms with Crippen LogP contribution in [-0.2, 0) is 11.3 Å². The molecular weight excluding hydrogens is 458 g/mol. The highest BCUT2D eigenvalue weighted by atomic mass is 16.5. The first-order chi connectivity index (χ1) is 17.5. The summed E-state index contributed by atoms with van der Waals surface area (Å²) in [6.45, 7) is 8.08. The number of pyridine rings is 1. The van der Waals surface area contributed by atoms with Crippen LogP contribution >= 0.6 is 0 Å². The van der Waals surface area contributed by atoms with Crippen LogP contribution in [0.15, 0.2) is 30.7 Å². The van der Waals surface area contributed by atoms with E-state index in [1.165, 1.54) is 0 Å². The van der Waals surface area contributed by atoms with Crippen molar-refractivity contribution in [1.29, 1.82) is 0 Å². The number of nitrogens with zero attached hydrogens (tertiary/aromatic N) is 3. The van der Waals surface area contributed by atoms with Crippen molar-refractivity contribution in [2.24, 2.45) is 11.7 Å². The Morgan fingerprint density at radius 1 is 1.22 bits per heavy atom. The fraction of sp³-hybridized carbons (Fsp3) is 0.519. The highest BCUT2D eigenvalue weighted by molar-refractivity contribution is 6.06. The van der Waals surface area contributed by atoms with Crippen molar-refractivity contribution in [2.75, 3.05) is 26.3 Å². The molecule has 2 aromatic heterocycles. The largest absolute Gasteiger partial charge is 0.490 e. The minimum absolute atomic E-state index is 0.0350. The summed E-state index contributed by atoms with van der Waals surface area (Å²) in [6, 6.07) is 3.64. The van der Waals surface area contributed by atoms with Gasteiger partial charge in [0.15, 0.2) is 0 Å². The van der Waals surface area contributed by atoms with Gasteiger partial charge in [-0.25, -0.2) is 4.98 Å². The first kappa shape index (κ1) is 24.5. The van der Waals surface area contributed by atoms with Gasteiger partial charge >= 0.3 is 0 Å². The van der Waals surface area contributed by atoms with Crippen LogP contribution in [0.5, 0.6) is 11.6 Å². The zero-order chi connectivity index (χ0) is 25.1. The van der Waals surface area contributed by atoms with Gasteiger partial charge in [0, 0.05) is 55.2 Å². The molecule has 9 nitrogen and oxygen atoms in total. The maximum absolute atomic E-state index is 12.4. The minimum Gasteiger partial charge on any atom is -0.490 e. The smallest absolute Gasteiger partial charge is 0.252 e. The van der Waals surface area contributed by atoms with E-state index >= 15 is 0 Å². The first-order valence-corrected chi connectivity index (χ1v) is 12.9. The predicted molar refractivity (Wildman–Crippen MR) is 137 cm³/mol. The van der Waals surface area contributed by atoms with E-state index in [4.69, 9.17) is 24.9 Å². The third-order valence-electron chi connectivity index (χ3n) is 6.84.